The molecule has 0 aromatic heterocycles. The smallest absolute Gasteiger partial charge is 0.123 e. The summed E-state index contributed by atoms with van der Waals surface area (Å²) in [5, 5.41) is 3.19. The van der Waals surface area contributed by atoms with Crippen LogP contribution < -0.4 is 5.32 Å². The van der Waals surface area contributed by atoms with E-state index in [-0.39, 0.29) is 17.5 Å². The molecule has 2 nitrogen and oxygen atoms in total. The molecule has 0 bridgehead atoms. The summed E-state index contributed by atoms with van der Waals surface area (Å²) in [6.07, 6.45) is 0.795. The van der Waals surface area contributed by atoms with E-state index in [4.69, 9.17) is 4.74 Å². The standard InChI is InChI=1S/C13H20FNO/c1-13(2,16-4)9-12(15-3)10-6-5-7-11(14)8-10/h5-8,12,15H,9H2,1-4H3. The predicted octanol–water partition coefficient (Wildman–Crippen LogP) is 2.90. The van der Waals surface area contributed by atoms with Gasteiger partial charge in [-0.3, -0.25) is 0 Å². The molecule has 16 heavy (non-hydrogen) atoms. The first-order chi connectivity index (χ1) is 7.48. The molecule has 0 fully saturated rings. The summed E-state index contributed by atoms with van der Waals surface area (Å²) in [4.78, 5) is 0. The van der Waals surface area contributed by atoms with Gasteiger partial charge in [0.25, 0.3) is 0 Å². The van der Waals surface area contributed by atoms with Crippen LogP contribution in [0.1, 0.15) is 31.9 Å². The lowest BCUT2D eigenvalue weighted by molar-refractivity contribution is 0.00742. The molecule has 1 N–H and O–H groups in total. The molecule has 1 aromatic rings. The third-order valence-electron chi connectivity index (χ3n) is 2.85. The molecule has 0 amide bonds. The average molecular weight is 225 g/mol. The fourth-order valence-electron chi connectivity index (χ4n) is 1.68. The highest BCUT2D eigenvalue weighted by Crippen LogP contribution is 2.25. The first-order valence-corrected chi connectivity index (χ1v) is 5.46. The Labute approximate surface area is 96.8 Å². The number of hydrogen-bond donors (Lipinski definition) is 1. The predicted molar refractivity (Wildman–Crippen MR) is 63.9 cm³/mol. The molecular weight excluding hydrogens is 205 g/mol. The second-order valence-corrected chi connectivity index (χ2v) is 4.56. The lowest BCUT2D eigenvalue weighted by Crippen LogP contribution is -2.30. The van der Waals surface area contributed by atoms with Crippen molar-refractivity contribution in [2.24, 2.45) is 0 Å². The van der Waals surface area contributed by atoms with Crippen LogP contribution in [0.5, 0.6) is 0 Å². The Kier molecular flexibility index (Phi) is 4.44. The molecule has 1 aromatic carbocycles. The van der Waals surface area contributed by atoms with Crippen molar-refractivity contribution in [3.8, 4) is 0 Å². The second-order valence-electron chi connectivity index (χ2n) is 4.56. The van der Waals surface area contributed by atoms with Gasteiger partial charge in [-0.2, -0.15) is 0 Å². The van der Waals surface area contributed by atoms with Crippen molar-refractivity contribution < 1.29 is 9.13 Å². The summed E-state index contributed by atoms with van der Waals surface area (Å²) < 4.78 is 18.5. The molecule has 0 saturated heterocycles. The number of rotatable bonds is 5. The number of methoxy groups -OCH3 is 1. The van der Waals surface area contributed by atoms with Crippen LogP contribution in [-0.2, 0) is 4.74 Å². The van der Waals surface area contributed by atoms with E-state index in [1.54, 1.807) is 19.2 Å². The summed E-state index contributed by atoms with van der Waals surface area (Å²) in [6, 6.07) is 6.78. The van der Waals surface area contributed by atoms with Gasteiger partial charge in [0, 0.05) is 13.2 Å². The van der Waals surface area contributed by atoms with Crippen molar-refractivity contribution in [1.29, 1.82) is 0 Å². The molecule has 1 rings (SSSR count). The molecule has 0 spiro atoms. The number of halogens is 1. The number of hydrogen-bond acceptors (Lipinski definition) is 2. The van der Waals surface area contributed by atoms with E-state index in [0.717, 1.165) is 12.0 Å². The van der Waals surface area contributed by atoms with Crippen molar-refractivity contribution in [1.82, 2.24) is 5.32 Å². The molecule has 0 radical (unpaired) electrons. The molecule has 3 heteroatoms. The maximum Gasteiger partial charge on any atom is 0.123 e. The highest BCUT2D eigenvalue weighted by molar-refractivity contribution is 5.20. The maximum absolute atomic E-state index is 13.1. The second kappa shape index (κ2) is 5.41. The lowest BCUT2D eigenvalue weighted by Gasteiger charge is -2.28. The van der Waals surface area contributed by atoms with Gasteiger partial charge in [-0.1, -0.05) is 12.1 Å². The normalized spacial score (nSPS) is 13.8. The van der Waals surface area contributed by atoms with Crippen molar-refractivity contribution >= 4 is 0 Å². The van der Waals surface area contributed by atoms with Gasteiger partial charge in [-0.25, -0.2) is 4.39 Å². The summed E-state index contributed by atoms with van der Waals surface area (Å²) in [7, 11) is 3.57. The third kappa shape index (κ3) is 3.58. The van der Waals surface area contributed by atoms with Crippen molar-refractivity contribution in [2.45, 2.75) is 31.9 Å². The van der Waals surface area contributed by atoms with E-state index in [2.05, 4.69) is 5.32 Å². The van der Waals surface area contributed by atoms with Gasteiger partial charge in [0.1, 0.15) is 5.82 Å². The molecule has 1 atom stereocenters. The number of ether oxygens (including phenoxy) is 1. The summed E-state index contributed by atoms with van der Waals surface area (Å²) >= 11 is 0. The Hall–Kier alpha value is -0.930. The minimum absolute atomic E-state index is 0.102. The molecule has 0 heterocycles. The zero-order valence-electron chi connectivity index (χ0n) is 10.4. The van der Waals surface area contributed by atoms with Crippen LogP contribution in [0.3, 0.4) is 0 Å². The minimum atomic E-state index is -0.222. The van der Waals surface area contributed by atoms with Gasteiger partial charge < -0.3 is 10.1 Å². The molecule has 0 aliphatic carbocycles. The summed E-state index contributed by atoms with van der Waals surface area (Å²) in [5.74, 6) is -0.201. The Morgan fingerprint density at radius 3 is 2.62 bits per heavy atom. The van der Waals surface area contributed by atoms with Crippen molar-refractivity contribution in [3.05, 3.63) is 35.6 Å². The first kappa shape index (κ1) is 13.1. The Balaban J connectivity index is 2.82. The maximum atomic E-state index is 13.1. The monoisotopic (exact) mass is 225 g/mol. The average Bonchev–Trinajstić information content (AvgIpc) is 2.26. The van der Waals surface area contributed by atoms with E-state index in [1.165, 1.54) is 6.07 Å². The lowest BCUT2D eigenvalue weighted by atomic mass is 9.94. The van der Waals surface area contributed by atoms with Crippen LogP contribution >= 0.6 is 0 Å². The summed E-state index contributed by atoms with van der Waals surface area (Å²) in [5.41, 5.74) is 0.729. The molecular formula is C13H20FNO. The van der Waals surface area contributed by atoms with Crippen LogP contribution in [0, 0.1) is 5.82 Å². The number of nitrogens with one attached hydrogen (secondary N) is 1. The van der Waals surface area contributed by atoms with E-state index in [9.17, 15) is 4.39 Å². The largest absolute Gasteiger partial charge is 0.379 e. The van der Waals surface area contributed by atoms with E-state index in [1.807, 2.05) is 27.0 Å². The van der Waals surface area contributed by atoms with Crippen LogP contribution in [-0.4, -0.2) is 19.8 Å². The molecule has 0 aliphatic heterocycles. The van der Waals surface area contributed by atoms with Gasteiger partial charge in [-0.15, -0.1) is 0 Å². The Morgan fingerprint density at radius 2 is 2.12 bits per heavy atom. The molecule has 1 unspecified atom stereocenters. The van der Waals surface area contributed by atoms with Crippen molar-refractivity contribution in [2.75, 3.05) is 14.2 Å². The van der Waals surface area contributed by atoms with Gasteiger partial charge in [-0.05, 0) is 45.0 Å². The highest BCUT2D eigenvalue weighted by atomic mass is 19.1. The van der Waals surface area contributed by atoms with Gasteiger partial charge in [0.2, 0.25) is 0 Å². The van der Waals surface area contributed by atoms with Crippen LogP contribution in [0.4, 0.5) is 4.39 Å². The first-order valence-electron chi connectivity index (χ1n) is 5.46. The SMILES string of the molecule is CNC(CC(C)(C)OC)c1cccc(F)c1. The van der Waals surface area contributed by atoms with Crippen LogP contribution in [0.2, 0.25) is 0 Å². The van der Waals surface area contributed by atoms with Gasteiger partial charge in [0.15, 0.2) is 0 Å². The fraction of sp³-hybridized carbons (Fsp3) is 0.538. The van der Waals surface area contributed by atoms with E-state index in [0.29, 0.717) is 0 Å². The van der Waals surface area contributed by atoms with Crippen LogP contribution in [0.25, 0.3) is 0 Å². The zero-order chi connectivity index (χ0) is 12.2. The molecule has 0 saturated carbocycles. The Morgan fingerprint density at radius 1 is 1.44 bits per heavy atom. The summed E-state index contributed by atoms with van der Waals surface area (Å²) in [6.45, 7) is 4.05. The van der Waals surface area contributed by atoms with Gasteiger partial charge in [0.05, 0.1) is 5.60 Å². The fourth-order valence-corrected chi connectivity index (χ4v) is 1.68. The molecule has 0 aliphatic rings. The van der Waals surface area contributed by atoms with E-state index >= 15 is 0 Å². The highest BCUT2D eigenvalue weighted by Gasteiger charge is 2.23. The van der Waals surface area contributed by atoms with Gasteiger partial charge >= 0.3 is 0 Å². The minimum Gasteiger partial charge on any atom is -0.379 e. The quantitative estimate of drug-likeness (QED) is 0.832. The third-order valence-corrected chi connectivity index (χ3v) is 2.85. The number of benzene rings is 1. The Bertz CT molecular complexity index is 338. The zero-order valence-corrected chi connectivity index (χ0v) is 10.4. The van der Waals surface area contributed by atoms with Crippen molar-refractivity contribution in [3.63, 3.8) is 0 Å². The topological polar surface area (TPSA) is 21.3 Å². The van der Waals surface area contributed by atoms with Crippen LogP contribution in [0.15, 0.2) is 24.3 Å². The van der Waals surface area contributed by atoms with E-state index < -0.39 is 0 Å². The molecule has 90 valence electrons.